The molecule has 266 valence electrons. The fourth-order valence-electron chi connectivity index (χ4n) is 9.88. The van der Waals surface area contributed by atoms with Gasteiger partial charge in [-0.15, -0.1) is 0 Å². The molecule has 3 nitrogen and oxygen atoms in total. The maximum Gasteiger partial charge on any atom is 0.198 e. The molecular weight excluding hydrogens is 667 g/mol. The fraction of sp³-hybridized carbons (Fsp3) is 0.176. The van der Waals surface area contributed by atoms with Crippen LogP contribution in [0.4, 0.5) is 11.4 Å². The second-order valence-electron chi connectivity index (χ2n) is 17.4. The van der Waals surface area contributed by atoms with E-state index in [0.29, 0.717) is 0 Å². The topological polar surface area (TPSA) is 30.1 Å². The molecule has 0 saturated carbocycles. The first-order chi connectivity index (χ1) is 26.6. The molecule has 1 aliphatic carbocycles. The molecule has 4 heteroatoms. The summed E-state index contributed by atoms with van der Waals surface area (Å²) >= 11 is 0. The van der Waals surface area contributed by atoms with Crippen LogP contribution in [0.15, 0.2) is 138 Å². The molecule has 0 bridgehead atoms. The molecule has 11 rings (SSSR count). The van der Waals surface area contributed by atoms with Gasteiger partial charge < -0.3 is 14.3 Å². The molecule has 0 spiro atoms. The Kier molecular flexibility index (Phi) is 6.79. The number of nitrogens with zero attached hydrogens (tertiary/aromatic N) is 1. The van der Waals surface area contributed by atoms with Gasteiger partial charge in [0, 0.05) is 49.9 Å². The standard InChI is InChI=1S/C51H43BN2O/c1-30-23-37(36-17-11-12-18-42(36)53-35-19-20-39-40(28-35)51(4,5)22-21-50(39,2)3)48-49-47(30)38-24-32-15-9-10-16-33(32)25-43(38)54(49)44-26-34-27-45(31-13-7-6-8-14-31)55-46(34)29-41(44)52-48/h6-20,23-29,52-53H,21-22H2,1-5H3. The van der Waals surface area contributed by atoms with Gasteiger partial charge in [0.15, 0.2) is 7.28 Å². The summed E-state index contributed by atoms with van der Waals surface area (Å²) in [6.07, 6.45) is 2.40. The van der Waals surface area contributed by atoms with Gasteiger partial charge in [-0.3, -0.25) is 0 Å². The van der Waals surface area contributed by atoms with Crippen molar-refractivity contribution in [2.75, 3.05) is 5.32 Å². The smallest absolute Gasteiger partial charge is 0.198 e. The average molecular weight is 711 g/mol. The number of benzene rings is 7. The molecule has 7 aromatic carbocycles. The predicted octanol–water partition coefficient (Wildman–Crippen LogP) is 12.1. The minimum atomic E-state index is 0.140. The molecular formula is C51H43BN2O. The molecule has 1 aliphatic heterocycles. The van der Waals surface area contributed by atoms with Gasteiger partial charge in [0.05, 0.1) is 5.52 Å². The Morgan fingerprint density at radius 1 is 0.655 bits per heavy atom. The van der Waals surface area contributed by atoms with Crippen LogP contribution in [0.1, 0.15) is 57.2 Å². The molecule has 3 heterocycles. The van der Waals surface area contributed by atoms with Gasteiger partial charge in [0.1, 0.15) is 11.3 Å². The van der Waals surface area contributed by atoms with Crippen molar-refractivity contribution in [3.63, 3.8) is 0 Å². The van der Waals surface area contributed by atoms with Crippen LogP contribution in [0.25, 0.3) is 71.7 Å². The highest BCUT2D eigenvalue weighted by Gasteiger charge is 2.37. The van der Waals surface area contributed by atoms with Crippen molar-refractivity contribution >= 4 is 73.1 Å². The Balaban J connectivity index is 1.13. The second kappa shape index (κ2) is 11.5. The molecule has 0 amide bonds. The first-order valence-electron chi connectivity index (χ1n) is 19.8. The molecule has 1 N–H and O–H groups in total. The van der Waals surface area contributed by atoms with E-state index in [0.717, 1.165) is 40.9 Å². The van der Waals surface area contributed by atoms with E-state index in [1.54, 1.807) is 0 Å². The minimum absolute atomic E-state index is 0.140. The van der Waals surface area contributed by atoms with Crippen LogP contribution in [0, 0.1) is 6.92 Å². The molecule has 0 atom stereocenters. The SMILES string of the molecule is Cc1cc(-c2ccccc2Nc2ccc3c(c2)C(C)(C)CCC3(C)C)c2c3c1c1cc4ccccc4cc1n3-c1cc3cc(-c4ccccc4)oc3cc1B2. The number of furan rings is 1. The summed E-state index contributed by atoms with van der Waals surface area (Å²) < 4.78 is 9.13. The van der Waals surface area contributed by atoms with Crippen molar-refractivity contribution in [3.8, 4) is 28.1 Å². The molecule has 0 saturated heterocycles. The lowest BCUT2D eigenvalue weighted by Crippen LogP contribution is -2.37. The number of rotatable bonds is 4. The summed E-state index contributed by atoms with van der Waals surface area (Å²) in [5.74, 6) is 0.898. The van der Waals surface area contributed by atoms with Crippen molar-refractivity contribution in [2.45, 2.75) is 58.3 Å². The number of anilines is 2. The summed E-state index contributed by atoms with van der Waals surface area (Å²) in [6, 6.07) is 49.2. The summed E-state index contributed by atoms with van der Waals surface area (Å²) in [5.41, 5.74) is 17.7. The normalized spacial score (nSPS) is 15.3. The lowest BCUT2D eigenvalue weighted by Gasteiger charge is -2.42. The lowest BCUT2D eigenvalue weighted by atomic mass is 9.58. The molecule has 55 heavy (non-hydrogen) atoms. The molecule has 9 aromatic rings. The predicted molar refractivity (Wildman–Crippen MR) is 235 cm³/mol. The van der Waals surface area contributed by atoms with Crippen LogP contribution in [0.2, 0.25) is 0 Å². The molecule has 0 radical (unpaired) electrons. The van der Waals surface area contributed by atoms with Crippen LogP contribution < -0.4 is 16.2 Å². The highest BCUT2D eigenvalue weighted by atomic mass is 16.3. The Labute approximate surface area is 322 Å². The highest BCUT2D eigenvalue weighted by molar-refractivity contribution is 6.73. The first kappa shape index (κ1) is 32.4. The maximum absolute atomic E-state index is 6.58. The van der Waals surface area contributed by atoms with Crippen molar-refractivity contribution in [2.24, 2.45) is 0 Å². The summed E-state index contributed by atoms with van der Waals surface area (Å²) in [4.78, 5) is 0. The fourth-order valence-corrected chi connectivity index (χ4v) is 9.88. The van der Waals surface area contributed by atoms with Crippen LogP contribution in [-0.4, -0.2) is 11.8 Å². The van der Waals surface area contributed by atoms with Gasteiger partial charge in [0.2, 0.25) is 0 Å². The Bertz CT molecular complexity index is 3050. The number of fused-ring (bicyclic) bond motifs is 8. The van der Waals surface area contributed by atoms with E-state index in [1.807, 2.05) is 0 Å². The van der Waals surface area contributed by atoms with E-state index in [4.69, 9.17) is 4.42 Å². The number of para-hydroxylation sites is 1. The van der Waals surface area contributed by atoms with Gasteiger partial charge >= 0.3 is 0 Å². The molecule has 2 aliphatic rings. The van der Waals surface area contributed by atoms with Crippen molar-refractivity contribution in [1.29, 1.82) is 0 Å². The van der Waals surface area contributed by atoms with E-state index >= 15 is 0 Å². The van der Waals surface area contributed by atoms with Crippen molar-refractivity contribution < 1.29 is 4.42 Å². The van der Waals surface area contributed by atoms with Gasteiger partial charge in [-0.25, -0.2) is 0 Å². The summed E-state index contributed by atoms with van der Waals surface area (Å²) in [7, 11) is 0.811. The monoisotopic (exact) mass is 710 g/mol. The molecule has 0 fully saturated rings. The molecule has 0 unspecified atom stereocenters. The van der Waals surface area contributed by atoms with Crippen LogP contribution in [-0.2, 0) is 10.8 Å². The van der Waals surface area contributed by atoms with E-state index in [-0.39, 0.29) is 10.8 Å². The summed E-state index contributed by atoms with van der Waals surface area (Å²) in [6.45, 7) is 11.9. The molecule has 2 aromatic heterocycles. The van der Waals surface area contributed by atoms with Crippen LogP contribution in [0.3, 0.4) is 0 Å². The highest BCUT2D eigenvalue weighted by Crippen LogP contribution is 2.47. The third-order valence-electron chi connectivity index (χ3n) is 12.9. The zero-order valence-corrected chi connectivity index (χ0v) is 32.2. The van der Waals surface area contributed by atoms with E-state index in [9.17, 15) is 0 Å². The zero-order chi connectivity index (χ0) is 37.2. The van der Waals surface area contributed by atoms with Crippen LogP contribution in [0.5, 0.6) is 0 Å². The third kappa shape index (κ3) is 4.90. The zero-order valence-electron chi connectivity index (χ0n) is 32.2. The van der Waals surface area contributed by atoms with E-state index < -0.39 is 0 Å². The third-order valence-corrected chi connectivity index (χ3v) is 12.9. The van der Waals surface area contributed by atoms with Gasteiger partial charge in [-0.1, -0.05) is 118 Å². The van der Waals surface area contributed by atoms with Crippen molar-refractivity contribution in [1.82, 2.24) is 4.57 Å². The van der Waals surface area contributed by atoms with Crippen LogP contribution >= 0.6 is 0 Å². The second-order valence-corrected chi connectivity index (χ2v) is 17.4. The van der Waals surface area contributed by atoms with E-state index in [2.05, 4.69) is 178 Å². The number of aryl methyl sites for hydroxylation is 1. The Hall–Kier alpha value is -6.00. The quantitative estimate of drug-likeness (QED) is 0.184. The minimum Gasteiger partial charge on any atom is -0.456 e. The number of hydrogen-bond acceptors (Lipinski definition) is 2. The van der Waals surface area contributed by atoms with Gasteiger partial charge in [0.25, 0.3) is 0 Å². The Morgan fingerprint density at radius 2 is 1.38 bits per heavy atom. The van der Waals surface area contributed by atoms with Crippen molar-refractivity contribution in [3.05, 3.63) is 150 Å². The largest absolute Gasteiger partial charge is 0.456 e. The average Bonchev–Trinajstić information content (AvgIpc) is 3.76. The number of aromatic nitrogens is 1. The van der Waals surface area contributed by atoms with Gasteiger partial charge in [-0.2, -0.15) is 0 Å². The van der Waals surface area contributed by atoms with Gasteiger partial charge in [-0.05, 0) is 118 Å². The lowest BCUT2D eigenvalue weighted by molar-refractivity contribution is 0.332. The number of nitrogens with one attached hydrogen (secondary N) is 1. The first-order valence-corrected chi connectivity index (χ1v) is 19.8. The Morgan fingerprint density at radius 3 is 2.20 bits per heavy atom. The number of hydrogen-bond donors (Lipinski definition) is 1. The maximum atomic E-state index is 6.58. The summed E-state index contributed by atoms with van der Waals surface area (Å²) in [5, 5.41) is 10.2. The van der Waals surface area contributed by atoms with E-state index in [1.165, 1.54) is 89.9 Å².